The molecule has 27 heavy (non-hydrogen) atoms. The van der Waals surface area contributed by atoms with Gasteiger partial charge in [-0.3, -0.25) is 4.79 Å². The Hall–Kier alpha value is -2.44. The summed E-state index contributed by atoms with van der Waals surface area (Å²) in [4.78, 5) is 15.2. The molecule has 0 unspecified atom stereocenters. The van der Waals surface area contributed by atoms with Crippen LogP contribution in [0.5, 0.6) is 0 Å². The largest absolute Gasteiger partial charge is 0.361 e. The van der Waals surface area contributed by atoms with Gasteiger partial charge in [-0.25, -0.2) is 4.68 Å². The zero-order chi connectivity index (χ0) is 19.0. The van der Waals surface area contributed by atoms with Crippen LogP contribution in [0, 0.1) is 0 Å². The fraction of sp³-hybridized carbons (Fsp3) is 0.600. The van der Waals surface area contributed by atoms with Gasteiger partial charge < -0.3 is 10.2 Å². The van der Waals surface area contributed by atoms with Crippen molar-refractivity contribution >= 4 is 11.6 Å². The van der Waals surface area contributed by atoms with E-state index in [9.17, 15) is 4.79 Å². The number of anilines is 1. The minimum absolute atomic E-state index is 0.110. The maximum Gasteiger partial charge on any atom is 0.227 e. The number of amides is 1. The Morgan fingerprint density at radius 1 is 1.33 bits per heavy atom. The van der Waals surface area contributed by atoms with Gasteiger partial charge >= 0.3 is 0 Å². The van der Waals surface area contributed by atoms with E-state index in [0.717, 1.165) is 42.8 Å². The van der Waals surface area contributed by atoms with E-state index in [1.54, 1.807) is 0 Å². The summed E-state index contributed by atoms with van der Waals surface area (Å²) in [6.07, 6.45) is 4.04. The first-order valence-corrected chi connectivity index (χ1v) is 10.0. The molecule has 2 aliphatic rings. The highest BCUT2D eigenvalue weighted by Crippen LogP contribution is 2.40. The van der Waals surface area contributed by atoms with Crippen molar-refractivity contribution in [2.75, 3.05) is 4.90 Å². The molecular formula is C20H28N6O. The Morgan fingerprint density at radius 3 is 2.85 bits per heavy atom. The van der Waals surface area contributed by atoms with Crippen LogP contribution >= 0.6 is 0 Å². The lowest BCUT2D eigenvalue weighted by atomic mass is 9.85. The summed E-state index contributed by atoms with van der Waals surface area (Å²) in [5, 5.41) is 15.5. The van der Waals surface area contributed by atoms with E-state index in [0.29, 0.717) is 12.6 Å². The van der Waals surface area contributed by atoms with Gasteiger partial charge in [0.05, 0.1) is 18.5 Å². The van der Waals surface area contributed by atoms with Crippen molar-refractivity contribution in [1.82, 2.24) is 25.5 Å². The maximum atomic E-state index is 12.9. The number of hydrogen-bond donors (Lipinski definition) is 1. The van der Waals surface area contributed by atoms with Crippen molar-refractivity contribution in [1.29, 1.82) is 0 Å². The summed E-state index contributed by atoms with van der Waals surface area (Å²) in [6.45, 7) is 7.00. The minimum Gasteiger partial charge on any atom is -0.361 e. The molecule has 3 atom stereocenters. The Kier molecular flexibility index (Phi) is 4.85. The van der Waals surface area contributed by atoms with Crippen LogP contribution in [0.1, 0.15) is 69.8 Å². The fourth-order valence-electron chi connectivity index (χ4n) is 3.88. The fourth-order valence-corrected chi connectivity index (χ4v) is 3.88. The van der Waals surface area contributed by atoms with E-state index in [-0.39, 0.29) is 23.9 Å². The van der Waals surface area contributed by atoms with E-state index in [2.05, 4.69) is 58.6 Å². The molecule has 0 spiro atoms. The average molecular weight is 368 g/mol. The third-order valence-electron chi connectivity index (χ3n) is 5.81. The first-order valence-electron chi connectivity index (χ1n) is 10.0. The normalized spacial score (nSPS) is 23.0. The van der Waals surface area contributed by atoms with Gasteiger partial charge in [0.1, 0.15) is 0 Å². The number of nitrogens with one attached hydrogen (secondary N) is 1. The number of hydrogen-bond acceptors (Lipinski definition) is 5. The predicted octanol–water partition coefficient (Wildman–Crippen LogP) is 2.81. The third kappa shape index (κ3) is 3.55. The van der Waals surface area contributed by atoms with Crippen molar-refractivity contribution < 1.29 is 4.79 Å². The molecule has 0 bridgehead atoms. The summed E-state index contributed by atoms with van der Waals surface area (Å²) >= 11 is 0. The molecule has 7 heteroatoms. The summed E-state index contributed by atoms with van der Waals surface area (Å²) in [5.74, 6) is 0.925. The molecule has 0 radical (unpaired) electrons. The summed E-state index contributed by atoms with van der Waals surface area (Å²) < 4.78 is 1.97. The van der Waals surface area contributed by atoms with Crippen LogP contribution in [-0.2, 0) is 11.3 Å². The molecule has 1 amide bonds. The Morgan fingerprint density at radius 2 is 2.11 bits per heavy atom. The van der Waals surface area contributed by atoms with Gasteiger partial charge in [-0.2, -0.15) is 0 Å². The molecule has 1 aromatic heterocycles. The number of carbonyl (C=O) groups is 1. The maximum absolute atomic E-state index is 12.9. The average Bonchev–Trinajstić information content (AvgIpc) is 3.42. The lowest BCUT2D eigenvalue weighted by molar-refractivity contribution is -0.123. The van der Waals surface area contributed by atoms with Crippen molar-refractivity contribution in [3.05, 3.63) is 35.7 Å². The van der Waals surface area contributed by atoms with Crippen LogP contribution in [0.15, 0.2) is 24.3 Å². The number of nitrogens with zero attached hydrogens (tertiary/aromatic N) is 5. The zero-order valence-corrected chi connectivity index (χ0v) is 16.3. The third-order valence-corrected chi connectivity index (χ3v) is 5.81. The number of fused-ring (bicyclic) bond motifs is 1. The minimum atomic E-state index is -0.110. The van der Waals surface area contributed by atoms with Gasteiger partial charge in [-0.1, -0.05) is 25.1 Å². The van der Waals surface area contributed by atoms with Crippen molar-refractivity contribution in [3.63, 3.8) is 0 Å². The van der Waals surface area contributed by atoms with Crippen LogP contribution in [0.3, 0.4) is 0 Å². The van der Waals surface area contributed by atoms with Gasteiger partial charge in [-0.15, -0.1) is 5.10 Å². The first kappa shape index (κ1) is 17.9. The lowest BCUT2D eigenvalue weighted by Crippen LogP contribution is -2.44. The van der Waals surface area contributed by atoms with E-state index in [1.807, 2.05) is 16.8 Å². The second kappa shape index (κ2) is 7.29. The second-order valence-corrected chi connectivity index (χ2v) is 7.91. The Balaban J connectivity index is 1.61. The Bertz CT molecular complexity index is 814. The molecule has 7 nitrogen and oxygen atoms in total. The number of rotatable bonds is 6. The van der Waals surface area contributed by atoms with Gasteiger partial charge in [0, 0.05) is 17.8 Å². The molecule has 2 aromatic rings. The van der Waals surface area contributed by atoms with Crippen LogP contribution in [-0.4, -0.2) is 38.2 Å². The van der Waals surface area contributed by atoms with Gasteiger partial charge in [0.2, 0.25) is 5.91 Å². The second-order valence-electron chi connectivity index (χ2n) is 7.91. The van der Waals surface area contributed by atoms with Crippen molar-refractivity contribution in [2.45, 2.75) is 77.0 Å². The molecule has 1 saturated carbocycles. The van der Waals surface area contributed by atoms with E-state index in [1.165, 1.54) is 0 Å². The molecule has 1 aromatic carbocycles. The Labute approximate surface area is 160 Å². The van der Waals surface area contributed by atoms with E-state index in [4.69, 9.17) is 0 Å². The summed E-state index contributed by atoms with van der Waals surface area (Å²) in [7, 11) is 0. The standard InChI is InChI=1S/C20H28N6O/c1-4-13(2)21-20(27)17-11-14(3)25(18-8-6-5-7-16(17)18)12-19-22-23-24-26(19)15-9-10-15/h5-8,13-15,17H,4,9-12H2,1-3H3,(H,21,27)/t13-,14-,17-/m0/s1. The highest BCUT2D eigenvalue weighted by atomic mass is 16.1. The lowest BCUT2D eigenvalue weighted by Gasteiger charge is -2.40. The number of para-hydroxylation sites is 1. The topological polar surface area (TPSA) is 75.9 Å². The SMILES string of the molecule is CC[C@H](C)NC(=O)[C@H]1C[C@H](C)N(Cc2nnnn2C2CC2)c2ccccc21. The molecular weight excluding hydrogens is 340 g/mol. The van der Waals surface area contributed by atoms with Gasteiger partial charge in [0.15, 0.2) is 5.82 Å². The van der Waals surface area contributed by atoms with Crippen LogP contribution < -0.4 is 10.2 Å². The van der Waals surface area contributed by atoms with E-state index < -0.39 is 0 Å². The molecule has 1 aliphatic carbocycles. The zero-order valence-electron chi connectivity index (χ0n) is 16.3. The van der Waals surface area contributed by atoms with Crippen molar-refractivity contribution in [3.8, 4) is 0 Å². The number of tetrazole rings is 1. The van der Waals surface area contributed by atoms with Gasteiger partial charge in [-0.05, 0) is 61.6 Å². The molecule has 1 fully saturated rings. The molecule has 2 heterocycles. The number of benzene rings is 1. The molecule has 1 aliphatic heterocycles. The van der Waals surface area contributed by atoms with Crippen LogP contribution in [0.4, 0.5) is 5.69 Å². The number of carbonyl (C=O) groups excluding carboxylic acids is 1. The van der Waals surface area contributed by atoms with Gasteiger partial charge in [0.25, 0.3) is 0 Å². The monoisotopic (exact) mass is 368 g/mol. The van der Waals surface area contributed by atoms with E-state index >= 15 is 0 Å². The first-order chi connectivity index (χ1) is 13.1. The summed E-state index contributed by atoms with van der Waals surface area (Å²) in [5.41, 5.74) is 2.22. The molecule has 144 valence electrons. The predicted molar refractivity (Wildman–Crippen MR) is 103 cm³/mol. The molecule has 0 saturated heterocycles. The smallest absolute Gasteiger partial charge is 0.227 e. The molecule has 1 N–H and O–H groups in total. The highest BCUT2D eigenvalue weighted by molar-refractivity contribution is 5.86. The molecule has 4 rings (SSSR count). The van der Waals surface area contributed by atoms with Crippen molar-refractivity contribution in [2.24, 2.45) is 0 Å². The van der Waals surface area contributed by atoms with Crippen LogP contribution in [0.2, 0.25) is 0 Å². The highest BCUT2D eigenvalue weighted by Gasteiger charge is 2.36. The number of aromatic nitrogens is 4. The summed E-state index contributed by atoms with van der Waals surface area (Å²) in [6, 6.07) is 9.14. The quantitative estimate of drug-likeness (QED) is 0.848. The van der Waals surface area contributed by atoms with Crippen LogP contribution in [0.25, 0.3) is 0 Å².